The summed E-state index contributed by atoms with van der Waals surface area (Å²) in [6.07, 6.45) is 2.21. The molecule has 2 N–H and O–H groups in total. The van der Waals surface area contributed by atoms with Gasteiger partial charge in [-0.15, -0.1) is 0 Å². The van der Waals surface area contributed by atoms with Crippen LogP contribution >= 0.6 is 0 Å². The van der Waals surface area contributed by atoms with Crippen molar-refractivity contribution in [2.24, 2.45) is 0 Å². The van der Waals surface area contributed by atoms with Crippen LogP contribution in [-0.2, 0) is 16.0 Å². The number of para-hydroxylation sites is 1. The molecule has 0 unspecified atom stereocenters. The number of benzene rings is 2. The van der Waals surface area contributed by atoms with E-state index in [0.717, 1.165) is 27.7 Å². The van der Waals surface area contributed by atoms with E-state index in [1.807, 2.05) is 55.5 Å². The summed E-state index contributed by atoms with van der Waals surface area (Å²) in [5.74, 6) is -0.449. The number of carbonyl (C=O) groups is 2. The molecule has 0 aliphatic carbocycles. The van der Waals surface area contributed by atoms with E-state index < -0.39 is 5.97 Å². The second-order valence-corrected chi connectivity index (χ2v) is 7.03. The topological polar surface area (TPSA) is 74.4 Å². The number of rotatable bonds is 3. The summed E-state index contributed by atoms with van der Waals surface area (Å²) in [5.41, 5.74) is 4.88. The van der Waals surface area contributed by atoms with Crippen molar-refractivity contribution in [3.8, 4) is 0 Å². The van der Waals surface area contributed by atoms with Crippen molar-refractivity contribution in [3.63, 3.8) is 0 Å². The molecule has 148 valence electrons. The predicted octanol–water partition coefficient (Wildman–Crippen LogP) is 4.47. The van der Waals surface area contributed by atoms with E-state index in [-0.39, 0.29) is 12.6 Å². The van der Waals surface area contributed by atoms with Crippen LogP contribution in [0.5, 0.6) is 0 Å². The van der Waals surface area contributed by atoms with Crippen LogP contribution in [0.1, 0.15) is 23.7 Å². The van der Waals surface area contributed by atoms with Gasteiger partial charge in [0.05, 0.1) is 17.9 Å². The van der Waals surface area contributed by atoms with Gasteiger partial charge in [0, 0.05) is 29.3 Å². The Morgan fingerprint density at radius 1 is 1.14 bits per heavy atom. The first-order valence-electron chi connectivity index (χ1n) is 9.70. The van der Waals surface area contributed by atoms with Crippen molar-refractivity contribution in [1.82, 2.24) is 9.88 Å². The second kappa shape index (κ2) is 7.83. The first-order chi connectivity index (χ1) is 14.1. The zero-order chi connectivity index (χ0) is 20.4. The smallest absolute Gasteiger partial charge is 0.341 e. The SMILES string of the molecule is CCOC(=O)C1=CN(C(=O)Nc2ccc(C)cc2)CCc2c1[nH]c1ccccc21. The van der Waals surface area contributed by atoms with Crippen LogP contribution in [0.25, 0.3) is 16.5 Å². The van der Waals surface area contributed by atoms with Crippen LogP contribution in [0.3, 0.4) is 0 Å². The van der Waals surface area contributed by atoms with Crippen molar-refractivity contribution < 1.29 is 14.3 Å². The quantitative estimate of drug-likeness (QED) is 0.649. The number of esters is 1. The van der Waals surface area contributed by atoms with Gasteiger partial charge >= 0.3 is 12.0 Å². The van der Waals surface area contributed by atoms with Gasteiger partial charge in [-0.1, -0.05) is 35.9 Å². The number of urea groups is 1. The van der Waals surface area contributed by atoms with E-state index in [1.165, 1.54) is 4.90 Å². The molecule has 2 amide bonds. The molecule has 2 heterocycles. The lowest BCUT2D eigenvalue weighted by Gasteiger charge is -2.18. The highest BCUT2D eigenvalue weighted by Crippen LogP contribution is 2.31. The number of aromatic amines is 1. The van der Waals surface area contributed by atoms with Crippen LogP contribution in [0, 0.1) is 6.92 Å². The van der Waals surface area contributed by atoms with Crippen molar-refractivity contribution in [1.29, 1.82) is 0 Å². The molecule has 1 aliphatic rings. The third kappa shape index (κ3) is 3.74. The lowest BCUT2D eigenvalue weighted by atomic mass is 10.0. The number of nitrogens with one attached hydrogen (secondary N) is 2. The monoisotopic (exact) mass is 389 g/mol. The molecular formula is C23H23N3O3. The number of ether oxygens (including phenoxy) is 1. The van der Waals surface area contributed by atoms with Crippen molar-refractivity contribution in [2.45, 2.75) is 20.3 Å². The Morgan fingerprint density at radius 2 is 1.90 bits per heavy atom. The molecule has 6 nitrogen and oxygen atoms in total. The first-order valence-corrected chi connectivity index (χ1v) is 9.70. The van der Waals surface area contributed by atoms with Gasteiger partial charge in [-0.2, -0.15) is 0 Å². The molecule has 6 heteroatoms. The molecule has 2 aromatic carbocycles. The van der Waals surface area contributed by atoms with Gasteiger partial charge in [0.2, 0.25) is 0 Å². The van der Waals surface area contributed by atoms with E-state index in [2.05, 4.69) is 10.3 Å². The van der Waals surface area contributed by atoms with Gasteiger partial charge in [0.1, 0.15) is 0 Å². The molecule has 1 aliphatic heterocycles. The highest BCUT2D eigenvalue weighted by atomic mass is 16.5. The molecule has 3 aromatic rings. The van der Waals surface area contributed by atoms with E-state index in [9.17, 15) is 9.59 Å². The fraction of sp³-hybridized carbons (Fsp3) is 0.217. The standard InChI is InChI=1S/C23H23N3O3/c1-3-29-22(27)19-14-26(23(28)24-16-10-8-15(2)9-11-16)13-12-18-17-6-4-5-7-20(17)25-21(18)19/h4-11,14,25H,3,12-13H2,1-2H3,(H,24,28). The zero-order valence-corrected chi connectivity index (χ0v) is 16.5. The van der Waals surface area contributed by atoms with Crippen LogP contribution in [0.2, 0.25) is 0 Å². The van der Waals surface area contributed by atoms with Gasteiger partial charge in [0.15, 0.2) is 0 Å². The summed E-state index contributed by atoms with van der Waals surface area (Å²) < 4.78 is 5.26. The second-order valence-electron chi connectivity index (χ2n) is 7.03. The number of nitrogens with zero attached hydrogens (tertiary/aromatic N) is 1. The number of H-pyrrole nitrogens is 1. The molecule has 29 heavy (non-hydrogen) atoms. The van der Waals surface area contributed by atoms with Crippen LogP contribution < -0.4 is 5.32 Å². The Bertz CT molecular complexity index is 1100. The molecule has 0 spiro atoms. The van der Waals surface area contributed by atoms with Gasteiger partial charge in [0.25, 0.3) is 0 Å². The number of carbonyl (C=O) groups excluding carboxylic acids is 2. The zero-order valence-electron chi connectivity index (χ0n) is 16.5. The van der Waals surface area contributed by atoms with E-state index in [0.29, 0.717) is 24.2 Å². The fourth-order valence-corrected chi connectivity index (χ4v) is 3.56. The Morgan fingerprint density at radius 3 is 2.66 bits per heavy atom. The van der Waals surface area contributed by atoms with Gasteiger partial charge < -0.3 is 15.0 Å². The van der Waals surface area contributed by atoms with Crippen LogP contribution in [0.15, 0.2) is 54.7 Å². The number of hydrogen-bond acceptors (Lipinski definition) is 3. The number of hydrogen-bond donors (Lipinski definition) is 2. The molecule has 0 bridgehead atoms. The van der Waals surface area contributed by atoms with Crippen molar-refractivity contribution in [3.05, 3.63) is 71.6 Å². The van der Waals surface area contributed by atoms with Crippen LogP contribution in [-0.4, -0.2) is 35.0 Å². The summed E-state index contributed by atoms with van der Waals surface area (Å²) in [4.78, 5) is 30.4. The Hall–Kier alpha value is -3.54. The summed E-state index contributed by atoms with van der Waals surface area (Å²) in [6.45, 7) is 4.48. The maximum atomic E-state index is 12.9. The minimum Gasteiger partial charge on any atom is -0.462 e. The average Bonchev–Trinajstić information content (AvgIpc) is 2.97. The van der Waals surface area contributed by atoms with Gasteiger partial charge in [-0.05, 0) is 44.0 Å². The largest absolute Gasteiger partial charge is 0.462 e. The number of aromatic nitrogens is 1. The maximum Gasteiger partial charge on any atom is 0.341 e. The highest BCUT2D eigenvalue weighted by molar-refractivity contribution is 6.18. The summed E-state index contributed by atoms with van der Waals surface area (Å²) in [6, 6.07) is 15.2. The predicted molar refractivity (Wildman–Crippen MR) is 114 cm³/mol. The third-order valence-corrected chi connectivity index (χ3v) is 5.03. The van der Waals surface area contributed by atoms with E-state index >= 15 is 0 Å². The lowest BCUT2D eigenvalue weighted by Crippen LogP contribution is -2.32. The molecule has 1 aromatic heterocycles. The van der Waals surface area contributed by atoms with Crippen LogP contribution in [0.4, 0.5) is 10.5 Å². The summed E-state index contributed by atoms with van der Waals surface area (Å²) in [5, 5.41) is 3.95. The number of fused-ring (bicyclic) bond motifs is 3. The van der Waals surface area contributed by atoms with Gasteiger partial charge in [-0.3, -0.25) is 4.90 Å². The lowest BCUT2D eigenvalue weighted by molar-refractivity contribution is -0.136. The fourth-order valence-electron chi connectivity index (χ4n) is 3.56. The van der Waals surface area contributed by atoms with Gasteiger partial charge in [-0.25, -0.2) is 9.59 Å². The average molecular weight is 389 g/mol. The number of anilines is 1. The summed E-state index contributed by atoms with van der Waals surface area (Å²) >= 11 is 0. The molecule has 0 saturated carbocycles. The molecule has 0 saturated heterocycles. The maximum absolute atomic E-state index is 12.9. The minimum absolute atomic E-state index is 0.265. The summed E-state index contributed by atoms with van der Waals surface area (Å²) in [7, 11) is 0. The molecule has 0 atom stereocenters. The Balaban J connectivity index is 1.69. The molecular weight excluding hydrogens is 366 g/mol. The van der Waals surface area contributed by atoms with Crippen molar-refractivity contribution >= 4 is 34.2 Å². The van der Waals surface area contributed by atoms with E-state index in [1.54, 1.807) is 13.1 Å². The Labute approximate surface area is 169 Å². The number of amides is 2. The number of aryl methyl sites for hydroxylation is 1. The van der Waals surface area contributed by atoms with Crippen molar-refractivity contribution in [2.75, 3.05) is 18.5 Å². The minimum atomic E-state index is -0.449. The third-order valence-electron chi connectivity index (χ3n) is 5.03. The van der Waals surface area contributed by atoms with E-state index in [4.69, 9.17) is 4.74 Å². The molecule has 0 fully saturated rings. The molecule has 0 radical (unpaired) electrons. The first kappa shape index (κ1) is 18.8. The molecule has 4 rings (SSSR count). The normalized spacial score (nSPS) is 13.4. The highest BCUT2D eigenvalue weighted by Gasteiger charge is 2.27. The Kier molecular flexibility index (Phi) is 5.08.